The molecule has 0 aromatic carbocycles. The van der Waals surface area contributed by atoms with Crippen LogP contribution < -0.4 is 0 Å². The Morgan fingerprint density at radius 1 is 1.67 bits per heavy atom. The maximum absolute atomic E-state index is 10.6. The molecule has 0 amide bonds. The summed E-state index contributed by atoms with van der Waals surface area (Å²) in [6.45, 7) is 4.42. The van der Waals surface area contributed by atoms with Crippen LogP contribution in [0.2, 0.25) is 0 Å². The Bertz CT molecular complexity index is 366. The van der Waals surface area contributed by atoms with Gasteiger partial charge in [0, 0.05) is 19.6 Å². The van der Waals surface area contributed by atoms with Gasteiger partial charge in [0.15, 0.2) is 0 Å². The summed E-state index contributed by atoms with van der Waals surface area (Å²) in [5.41, 5.74) is 0.162. The fourth-order valence-corrected chi connectivity index (χ4v) is 2.90. The number of likely N-dealkylation sites (N-methyl/N-ethyl adjacent to an activating group) is 1. The molecule has 5 heteroatoms. The Morgan fingerprint density at radius 2 is 2.40 bits per heavy atom. The summed E-state index contributed by atoms with van der Waals surface area (Å²) in [5, 5.41) is 14.8. The Morgan fingerprint density at radius 3 is 2.93 bits per heavy atom. The maximum Gasteiger partial charge on any atom is 0.121 e. The van der Waals surface area contributed by atoms with Gasteiger partial charge in [-0.05, 0) is 36.3 Å². The van der Waals surface area contributed by atoms with E-state index in [0.29, 0.717) is 6.54 Å². The fraction of sp³-hybridized carbons (Fsp3) is 0.700. The van der Waals surface area contributed by atoms with E-state index in [4.69, 9.17) is 0 Å². The van der Waals surface area contributed by atoms with E-state index >= 15 is 0 Å². The molecule has 0 spiro atoms. The second-order valence-corrected chi connectivity index (χ2v) is 5.03. The van der Waals surface area contributed by atoms with Gasteiger partial charge in [0.1, 0.15) is 5.60 Å². The van der Waals surface area contributed by atoms with E-state index < -0.39 is 5.60 Å². The number of aliphatic hydroxyl groups is 1. The number of halogens is 1. The lowest BCUT2D eigenvalue weighted by Crippen LogP contribution is -2.32. The highest BCUT2D eigenvalue weighted by molar-refractivity contribution is 9.10. The van der Waals surface area contributed by atoms with Crippen molar-refractivity contribution in [3.05, 3.63) is 16.4 Å². The van der Waals surface area contributed by atoms with E-state index in [1.165, 1.54) is 0 Å². The zero-order chi connectivity index (χ0) is 11.1. The van der Waals surface area contributed by atoms with Crippen LogP contribution in [0.3, 0.4) is 0 Å². The van der Waals surface area contributed by atoms with Crippen molar-refractivity contribution in [3.63, 3.8) is 0 Å². The molecule has 84 valence electrons. The predicted molar refractivity (Wildman–Crippen MR) is 61.6 cm³/mol. The summed E-state index contributed by atoms with van der Waals surface area (Å²) in [6.07, 6.45) is 2.53. The van der Waals surface area contributed by atoms with Gasteiger partial charge in [-0.25, -0.2) is 0 Å². The van der Waals surface area contributed by atoms with Crippen molar-refractivity contribution in [2.45, 2.75) is 25.5 Å². The van der Waals surface area contributed by atoms with Gasteiger partial charge in [0.05, 0.1) is 16.4 Å². The van der Waals surface area contributed by atoms with Gasteiger partial charge in [-0.15, -0.1) is 0 Å². The van der Waals surface area contributed by atoms with Crippen LogP contribution in [0, 0.1) is 0 Å². The molecular formula is C10H16BrN3O. The summed E-state index contributed by atoms with van der Waals surface area (Å²) in [7, 11) is 2.03. The molecule has 0 saturated carbocycles. The number of aryl methyl sites for hydroxylation is 1. The van der Waals surface area contributed by atoms with Crippen molar-refractivity contribution < 1.29 is 5.11 Å². The highest BCUT2D eigenvalue weighted by Crippen LogP contribution is 2.35. The normalized spacial score (nSPS) is 27.5. The smallest absolute Gasteiger partial charge is 0.121 e. The van der Waals surface area contributed by atoms with Gasteiger partial charge < -0.3 is 10.0 Å². The molecule has 1 saturated heterocycles. The standard InChI is InChI=1S/C10H16BrN3O/c1-3-14-9(8(11)6-12-14)10(15)4-5-13(2)7-10/h6,15H,3-5,7H2,1-2H3. The Labute approximate surface area is 98.0 Å². The molecular weight excluding hydrogens is 258 g/mol. The molecule has 1 N–H and O–H groups in total. The Balaban J connectivity index is 2.39. The first-order valence-electron chi connectivity index (χ1n) is 5.19. The second-order valence-electron chi connectivity index (χ2n) is 4.18. The molecule has 1 aliphatic heterocycles. The van der Waals surface area contributed by atoms with E-state index in [9.17, 15) is 5.11 Å². The average Bonchev–Trinajstić information content (AvgIpc) is 2.71. The lowest BCUT2D eigenvalue weighted by Gasteiger charge is -2.24. The minimum Gasteiger partial charge on any atom is -0.382 e. The largest absolute Gasteiger partial charge is 0.382 e. The van der Waals surface area contributed by atoms with Gasteiger partial charge in [0.2, 0.25) is 0 Å². The minimum absolute atomic E-state index is 0.678. The molecule has 4 nitrogen and oxygen atoms in total. The van der Waals surface area contributed by atoms with Crippen molar-refractivity contribution in [1.29, 1.82) is 0 Å². The van der Waals surface area contributed by atoms with Gasteiger partial charge in [-0.1, -0.05) is 0 Å². The number of rotatable bonds is 2. The van der Waals surface area contributed by atoms with Crippen LogP contribution in [0.4, 0.5) is 0 Å². The third-order valence-corrected chi connectivity index (χ3v) is 3.55. The first-order chi connectivity index (χ1) is 7.07. The molecule has 0 aliphatic carbocycles. The van der Waals surface area contributed by atoms with E-state index in [1.54, 1.807) is 6.20 Å². The van der Waals surface area contributed by atoms with Crippen molar-refractivity contribution in [1.82, 2.24) is 14.7 Å². The molecule has 2 heterocycles. The molecule has 1 aromatic heterocycles. The van der Waals surface area contributed by atoms with Gasteiger partial charge in [-0.2, -0.15) is 5.10 Å². The summed E-state index contributed by atoms with van der Waals surface area (Å²) in [5.74, 6) is 0. The monoisotopic (exact) mass is 273 g/mol. The van der Waals surface area contributed by atoms with Crippen LogP contribution in [0.5, 0.6) is 0 Å². The first-order valence-corrected chi connectivity index (χ1v) is 5.99. The molecule has 2 rings (SSSR count). The van der Waals surface area contributed by atoms with Crippen LogP contribution in [0.25, 0.3) is 0 Å². The van der Waals surface area contributed by atoms with Crippen LogP contribution in [-0.2, 0) is 12.1 Å². The lowest BCUT2D eigenvalue weighted by atomic mass is 9.99. The minimum atomic E-state index is -0.750. The summed E-state index contributed by atoms with van der Waals surface area (Å²) in [6, 6.07) is 0. The van der Waals surface area contributed by atoms with Gasteiger partial charge in [-0.3, -0.25) is 4.68 Å². The summed E-state index contributed by atoms with van der Waals surface area (Å²) in [4.78, 5) is 2.14. The third-order valence-electron chi connectivity index (χ3n) is 2.97. The van der Waals surface area contributed by atoms with Crippen molar-refractivity contribution in [2.24, 2.45) is 0 Å². The quantitative estimate of drug-likeness (QED) is 0.880. The molecule has 1 aliphatic rings. The zero-order valence-electron chi connectivity index (χ0n) is 9.07. The molecule has 0 radical (unpaired) electrons. The fourth-order valence-electron chi connectivity index (χ4n) is 2.24. The number of β-amino-alcohol motifs (C(OH)–C–C–N with tert-alkyl or cyclic N) is 1. The van der Waals surface area contributed by atoms with Crippen LogP contribution in [0.1, 0.15) is 19.0 Å². The lowest BCUT2D eigenvalue weighted by molar-refractivity contribution is 0.0389. The molecule has 1 unspecified atom stereocenters. The third kappa shape index (κ3) is 1.84. The molecule has 0 bridgehead atoms. The highest BCUT2D eigenvalue weighted by Gasteiger charge is 2.40. The van der Waals surface area contributed by atoms with Gasteiger partial charge in [0.25, 0.3) is 0 Å². The van der Waals surface area contributed by atoms with Crippen LogP contribution >= 0.6 is 15.9 Å². The molecule has 1 atom stereocenters. The molecule has 1 fully saturated rings. The van der Waals surface area contributed by atoms with Crippen LogP contribution in [0.15, 0.2) is 10.7 Å². The van der Waals surface area contributed by atoms with E-state index in [0.717, 1.165) is 29.7 Å². The number of aromatic nitrogens is 2. The Kier molecular flexibility index (Phi) is 2.87. The first kappa shape index (κ1) is 11.1. The van der Waals surface area contributed by atoms with Crippen molar-refractivity contribution >= 4 is 15.9 Å². The van der Waals surface area contributed by atoms with Crippen LogP contribution in [-0.4, -0.2) is 39.9 Å². The SMILES string of the molecule is CCn1ncc(Br)c1C1(O)CCN(C)C1. The Hall–Kier alpha value is -0.390. The predicted octanol–water partition coefficient (Wildman–Crippen LogP) is 1.19. The number of hydrogen-bond donors (Lipinski definition) is 1. The summed E-state index contributed by atoms with van der Waals surface area (Å²) < 4.78 is 2.77. The summed E-state index contributed by atoms with van der Waals surface area (Å²) >= 11 is 3.46. The number of likely N-dealkylation sites (tertiary alicyclic amines) is 1. The van der Waals surface area contributed by atoms with Gasteiger partial charge >= 0.3 is 0 Å². The van der Waals surface area contributed by atoms with Crippen molar-refractivity contribution in [2.75, 3.05) is 20.1 Å². The van der Waals surface area contributed by atoms with E-state index in [2.05, 4.69) is 25.9 Å². The van der Waals surface area contributed by atoms with Crippen molar-refractivity contribution in [3.8, 4) is 0 Å². The number of nitrogens with zero attached hydrogens (tertiary/aromatic N) is 3. The van der Waals surface area contributed by atoms with E-state index in [-0.39, 0.29) is 0 Å². The molecule has 15 heavy (non-hydrogen) atoms. The van der Waals surface area contributed by atoms with E-state index in [1.807, 2.05) is 18.7 Å². The average molecular weight is 274 g/mol. The maximum atomic E-state index is 10.6. The topological polar surface area (TPSA) is 41.3 Å². The second kappa shape index (κ2) is 3.88. The molecule has 1 aromatic rings. The number of hydrogen-bond acceptors (Lipinski definition) is 3. The zero-order valence-corrected chi connectivity index (χ0v) is 10.7. The highest BCUT2D eigenvalue weighted by atomic mass is 79.9.